The summed E-state index contributed by atoms with van der Waals surface area (Å²) < 4.78 is 1.53. The third-order valence-corrected chi connectivity index (χ3v) is 5.35. The van der Waals surface area contributed by atoms with E-state index in [0.29, 0.717) is 41.5 Å². The average molecular weight is 430 g/mol. The van der Waals surface area contributed by atoms with E-state index in [1.165, 1.54) is 25.7 Å². The van der Waals surface area contributed by atoms with Crippen LogP contribution in [-0.2, 0) is 16.6 Å². The fourth-order valence-electron chi connectivity index (χ4n) is 3.33. The molecule has 30 heavy (non-hydrogen) atoms. The van der Waals surface area contributed by atoms with E-state index in [1.807, 2.05) is 6.07 Å². The van der Waals surface area contributed by atoms with Gasteiger partial charge < -0.3 is 4.90 Å². The van der Waals surface area contributed by atoms with Gasteiger partial charge in [0, 0.05) is 44.4 Å². The second-order valence-corrected chi connectivity index (χ2v) is 7.46. The van der Waals surface area contributed by atoms with Crippen molar-refractivity contribution in [2.45, 2.75) is 13.3 Å². The van der Waals surface area contributed by atoms with Gasteiger partial charge in [0.15, 0.2) is 0 Å². The summed E-state index contributed by atoms with van der Waals surface area (Å²) >= 11 is 6.20. The monoisotopic (exact) mass is 429 g/mol. The molecule has 0 N–H and O–H groups in total. The molecule has 2 aromatic rings. The number of likely N-dealkylation sites (N-methyl/N-ethyl adjacent to an activating group) is 1. The molecule has 3 amide bonds. The highest BCUT2D eigenvalue weighted by Crippen LogP contribution is 2.21. The maximum atomic E-state index is 12.8. The summed E-state index contributed by atoms with van der Waals surface area (Å²) in [6, 6.07) is 8.76. The van der Waals surface area contributed by atoms with Crippen LogP contribution in [0.5, 0.6) is 0 Å². The number of aryl methyl sites for hydroxylation is 2. The summed E-state index contributed by atoms with van der Waals surface area (Å²) in [7, 11) is 3.30. The molecule has 0 aliphatic carbocycles. The van der Waals surface area contributed by atoms with Crippen LogP contribution in [0, 0.1) is 6.92 Å². The maximum absolute atomic E-state index is 12.8. The molecule has 0 saturated carbocycles. The molecule has 0 radical (unpaired) electrons. The molecule has 0 atom stereocenters. The van der Waals surface area contributed by atoms with E-state index in [9.17, 15) is 14.4 Å². The molecule has 1 fully saturated rings. The Labute approximate surface area is 180 Å². The van der Waals surface area contributed by atoms with Gasteiger partial charge >= 0.3 is 0 Å². The molecule has 1 aliphatic heterocycles. The Bertz CT molecular complexity index is 986. The average Bonchev–Trinajstić information content (AvgIpc) is 3.31. The van der Waals surface area contributed by atoms with E-state index in [4.69, 9.17) is 11.6 Å². The topological polar surface area (TPSA) is 78.8 Å². The minimum Gasteiger partial charge on any atom is -0.332 e. The smallest absolute Gasteiger partial charge is 0.265 e. The van der Waals surface area contributed by atoms with Crippen LogP contribution in [-0.4, -0.2) is 69.1 Å². The normalized spacial score (nSPS) is 13.9. The van der Waals surface area contributed by atoms with Gasteiger partial charge in [-0.2, -0.15) is 5.10 Å². The lowest BCUT2D eigenvalue weighted by Crippen LogP contribution is -2.48. The van der Waals surface area contributed by atoms with Crippen LogP contribution in [0.15, 0.2) is 36.4 Å². The van der Waals surface area contributed by atoms with Crippen molar-refractivity contribution in [3.63, 3.8) is 0 Å². The van der Waals surface area contributed by atoms with Crippen LogP contribution in [0.4, 0.5) is 0 Å². The number of hydrazine groups is 1. The third-order valence-electron chi connectivity index (χ3n) is 4.90. The van der Waals surface area contributed by atoms with E-state index in [-0.39, 0.29) is 24.3 Å². The molecule has 0 spiro atoms. The molecule has 1 saturated heterocycles. The number of carbonyl (C=O) groups excluding carboxylic acids is 3. The van der Waals surface area contributed by atoms with E-state index in [1.54, 1.807) is 51.4 Å². The summed E-state index contributed by atoms with van der Waals surface area (Å²) in [4.78, 5) is 39.3. The van der Waals surface area contributed by atoms with Crippen LogP contribution in [0.2, 0.25) is 5.15 Å². The SMILES string of the molecule is Cc1nn(C)c(Cl)c1/C=C/C(=O)N1CCCN1C(=O)CN(C)C(=O)c1ccccc1. The number of hydrogen-bond donors (Lipinski definition) is 0. The van der Waals surface area contributed by atoms with Crippen LogP contribution in [0.25, 0.3) is 6.08 Å². The second-order valence-electron chi connectivity index (χ2n) is 7.11. The van der Waals surface area contributed by atoms with Gasteiger partial charge in [-0.1, -0.05) is 29.8 Å². The molecule has 3 rings (SSSR count). The second kappa shape index (κ2) is 9.13. The number of halogens is 1. The molecule has 158 valence electrons. The number of nitrogens with zero attached hydrogens (tertiary/aromatic N) is 5. The Morgan fingerprint density at radius 2 is 1.83 bits per heavy atom. The first kappa shape index (κ1) is 21.6. The number of rotatable bonds is 5. The molecule has 1 aromatic carbocycles. The van der Waals surface area contributed by atoms with Crippen molar-refractivity contribution >= 4 is 35.4 Å². The highest BCUT2D eigenvalue weighted by Gasteiger charge is 2.30. The molecule has 0 unspecified atom stereocenters. The number of hydrogen-bond acceptors (Lipinski definition) is 4. The van der Waals surface area contributed by atoms with E-state index >= 15 is 0 Å². The van der Waals surface area contributed by atoms with E-state index < -0.39 is 0 Å². The summed E-state index contributed by atoms with van der Waals surface area (Å²) in [5.74, 6) is -0.878. The Morgan fingerprint density at radius 3 is 2.47 bits per heavy atom. The summed E-state index contributed by atoms with van der Waals surface area (Å²) in [5, 5.41) is 7.45. The van der Waals surface area contributed by atoms with Crippen molar-refractivity contribution < 1.29 is 14.4 Å². The molecule has 1 aliphatic rings. The van der Waals surface area contributed by atoms with Gasteiger partial charge in [-0.25, -0.2) is 10.0 Å². The Balaban J connectivity index is 1.65. The number of benzene rings is 1. The lowest BCUT2D eigenvalue weighted by molar-refractivity contribution is -0.154. The number of carbonyl (C=O) groups is 3. The number of amides is 3. The minimum absolute atomic E-state index is 0.116. The summed E-state index contributed by atoms with van der Waals surface area (Å²) in [5.41, 5.74) is 1.88. The van der Waals surface area contributed by atoms with Crippen molar-refractivity contribution in [2.75, 3.05) is 26.7 Å². The predicted octanol–water partition coefficient (Wildman–Crippen LogP) is 2.14. The minimum atomic E-state index is -0.322. The van der Waals surface area contributed by atoms with Crippen molar-refractivity contribution in [3.8, 4) is 0 Å². The highest BCUT2D eigenvalue weighted by atomic mass is 35.5. The van der Waals surface area contributed by atoms with Crippen LogP contribution in [0.3, 0.4) is 0 Å². The Kier molecular flexibility index (Phi) is 6.56. The van der Waals surface area contributed by atoms with E-state index in [0.717, 1.165) is 0 Å². The maximum Gasteiger partial charge on any atom is 0.265 e. The Morgan fingerprint density at radius 1 is 1.17 bits per heavy atom. The van der Waals surface area contributed by atoms with Crippen molar-refractivity contribution in [1.82, 2.24) is 24.7 Å². The van der Waals surface area contributed by atoms with Gasteiger partial charge in [-0.05, 0) is 31.6 Å². The quantitative estimate of drug-likeness (QED) is 0.682. The van der Waals surface area contributed by atoms with Crippen molar-refractivity contribution in [3.05, 3.63) is 58.4 Å². The first-order chi connectivity index (χ1) is 14.3. The van der Waals surface area contributed by atoms with Gasteiger partial charge in [0.2, 0.25) is 0 Å². The first-order valence-corrected chi connectivity index (χ1v) is 9.97. The number of aromatic nitrogens is 2. The molecular formula is C21H24ClN5O3. The lowest BCUT2D eigenvalue weighted by atomic mass is 10.2. The van der Waals surface area contributed by atoms with Crippen LogP contribution in [0.1, 0.15) is 28.0 Å². The predicted molar refractivity (Wildman–Crippen MR) is 113 cm³/mol. The van der Waals surface area contributed by atoms with Gasteiger partial charge in [-0.3, -0.25) is 19.1 Å². The van der Waals surface area contributed by atoms with Gasteiger partial charge in [0.1, 0.15) is 11.7 Å². The van der Waals surface area contributed by atoms with Gasteiger partial charge in [0.05, 0.1) is 5.69 Å². The zero-order valence-electron chi connectivity index (χ0n) is 17.2. The van der Waals surface area contributed by atoms with Crippen LogP contribution >= 0.6 is 11.6 Å². The van der Waals surface area contributed by atoms with E-state index in [2.05, 4.69) is 5.10 Å². The first-order valence-electron chi connectivity index (χ1n) is 9.59. The molecular weight excluding hydrogens is 406 g/mol. The van der Waals surface area contributed by atoms with Gasteiger partial charge in [0.25, 0.3) is 17.7 Å². The standard InChI is InChI=1S/C21H24ClN5O3/c1-15-17(20(22)25(3)23-15)10-11-18(28)26-12-7-13-27(26)19(29)14-24(2)21(30)16-8-5-4-6-9-16/h4-6,8-11H,7,12-14H2,1-3H3/b11-10+. The van der Waals surface area contributed by atoms with Crippen molar-refractivity contribution in [1.29, 1.82) is 0 Å². The highest BCUT2D eigenvalue weighted by molar-refractivity contribution is 6.31. The third kappa shape index (κ3) is 4.54. The zero-order valence-corrected chi connectivity index (χ0v) is 18.0. The molecule has 1 aromatic heterocycles. The van der Waals surface area contributed by atoms with Crippen LogP contribution < -0.4 is 0 Å². The summed E-state index contributed by atoms with van der Waals surface area (Å²) in [6.45, 7) is 2.56. The van der Waals surface area contributed by atoms with Gasteiger partial charge in [-0.15, -0.1) is 0 Å². The zero-order chi connectivity index (χ0) is 21.8. The molecule has 0 bridgehead atoms. The molecule has 2 heterocycles. The molecule has 8 nitrogen and oxygen atoms in total. The fourth-order valence-corrected chi connectivity index (χ4v) is 3.57. The fraction of sp³-hybridized carbons (Fsp3) is 0.333. The summed E-state index contributed by atoms with van der Waals surface area (Å²) in [6.07, 6.45) is 3.67. The molecule has 9 heteroatoms. The lowest BCUT2D eigenvalue weighted by Gasteiger charge is -2.28. The Hall–Kier alpha value is -3.13. The largest absolute Gasteiger partial charge is 0.332 e. The van der Waals surface area contributed by atoms with Crippen molar-refractivity contribution in [2.24, 2.45) is 7.05 Å².